The molecule has 0 saturated heterocycles. The summed E-state index contributed by atoms with van der Waals surface area (Å²) < 4.78 is 1.82. The van der Waals surface area contributed by atoms with Gasteiger partial charge in [0.1, 0.15) is 0 Å². The van der Waals surface area contributed by atoms with E-state index in [1.54, 1.807) is 6.20 Å². The normalized spacial score (nSPS) is 11.0. The van der Waals surface area contributed by atoms with Gasteiger partial charge in [-0.1, -0.05) is 37.3 Å². The largest absolute Gasteiger partial charge is 0.351 e. The van der Waals surface area contributed by atoms with Crippen LogP contribution in [0.2, 0.25) is 0 Å². The Kier molecular flexibility index (Phi) is 5.96. The summed E-state index contributed by atoms with van der Waals surface area (Å²) in [6.07, 6.45) is 2.81. The number of nitrogens with zero attached hydrogens (tertiary/aromatic N) is 3. The van der Waals surface area contributed by atoms with Crippen molar-refractivity contribution in [2.24, 2.45) is 0 Å². The highest BCUT2D eigenvalue weighted by atomic mass is 16.1. The van der Waals surface area contributed by atoms with Crippen LogP contribution in [0.1, 0.15) is 30.6 Å². The first kappa shape index (κ1) is 18.1. The van der Waals surface area contributed by atoms with Gasteiger partial charge < -0.3 is 10.6 Å². The zero-order valence-corrected chi connectivity index (χ0v) is 15.3. The van der Waals surface area contributed by atoms with E-state index in [1.165, 1.54) is 0 Å². The first-order valence-corrected chi connectivity index (χ1v) is 9.15. The van der Waals surface area contributed by atoms with E-state index in [2.05, 4.69) is 22.7 Å². The lowest BCUT2D eigenvalue weighted by atomic mass is 10.1. The van der Waals surface area contributed by atoms with Crippen LogP contribution in [0.5, 0.6) is 0 Å². The van der Waals surface area contributed by atoms with Crippen molar-refractivity contribution >= 4 is 16.9 Å². The van der Waals surface area contributed by atoms with Crippen LogP contribution in [0, 0.1) is 0 Å². The fourth-order valence-corrected chi connectivity index (χ4v) is 2.89. The molecule has 0 bridgehead atoms. The minimum absolute atomic E-state index is 0.0940. The second-order valence-corrected chi connectivity index (χ2v) is 6.12. The van der Waals surface area contributed by atoms with Gasteiger partial charge in [0.05, 0.1) is 22.8 Å². The molecule has 0 fully saturated rings. The van der Waals surface area contributed by atoms with E-state index in [0.29, 0.717) is 18.7 Å². The molecule has 3 aromatic rings. The summed E-state index contributed by atoms with van der Waals surface area (Å²) >= 11 is 0. The Hall–Kier alpha value is -2.73. The van der Waals surface area contributed by atoms with Crippen molar-refractivity contribution in [2.45, 2.75) is 26.8 Å². The molecule has 3 rings (SSSR count). The molecule has 1 amide bonds. The molecule has 0 aliphatic rings. The fourth-order valence-electron chi connectivity index (χ4n) is 2.89. The lowest BCUT2D eigenvalue weighted by Gasteiger charge is -2.10. The summed E-state index contributed by atoms with van der Waals surface area (Å²) in [7, 11) is 0. The SMILES string of the molecule is CCCNCCNC(=O)c1cc(-c2ccccc2)nc2c1cnn2CC. The highest BCUT2D eigenvalue weighted by Crippen LogP contribution is 2.24. The number of rotatable bonds is 8. The number of carbonyl (C=O) groups excluding carboxylic acids is 1. The summed E-state index contributed by atoms with van der Waals surface area (Å²) in [5.41, 5.74) is 3.12. The van der Waals surface area contributed by atoms with E-state index in [4.69, 9.17) is 4.98 Å². The third kappa shape index (κ3) is 3.91. The highest BCUT2D eigenvalue weighted by molar-refractivity contribution is 6.06. The molecular weight excluding hydrogens is 326 g/mol. The summed E-state index contributed by atoms with van der Waals surface area (Å²) in [5, 5.41) is 11.4. The van der Waals surface area contributed by atoms with E-state index >= 15 is 0 Å². The lowest BCUT2D eigenvalue weighted by molar-refractivity contribution is 0.0955. The number of carbonyl (C=O) groups is 1. The van der Waals surface area contributed by atoms with Crippen LogP contribution in [0.4, 0.5) is 0 Å². The molecule has 2 aromatic heterocycles. The number of benzene rings is 1. The molecule has 0 spiro atoms. The number of aryl methyl sites for hydroxylation is 1. The average Bonchev–Trinajstić information content (AvgIpc) is 3.10. The van der Waals surface area contributed by atoms with Crippen molar-refractivity contribution in [3.63, 3.8) is 0 Å². The Bertz CT molecular complexity index is 873. The first-order chi connectivity index (χ1) is 12.7. The lowest BCUT2D eigenvalue weighted by Crippen LogP contribution is -2.32. The van der Waals surface area contributed by atoms with Crippen LogP contribution in [0.15, 0.2) is 42.6 Å². The monoisotopic (exact) mass is 351 g/mol. The molecule has 0 aliphatic carbocycles. The van der Waals surface area contributed by atoms with Gasteiger partial charge in [-0.2, -0.15) is 5.10 Å². The first-order valence-electron chi connectivity index (χ1n) is 9.15. The van der Waals surface area contributed by atoms with Gasteiger partial charge >= 0.3 is 0 Å². The molecular formula is C20H25N5O. The zero-order valence-electron chi connectivity index (χ0n) is 15.3. The van der Waals surface area contributed by atoms with E-state index in [0.717, 1.165) is 41.8 Å². The van der Waals surface area contributed by atoms with Gasteiger partial charge in [-0.05, 0) is 26.0 Å². The minimum Gasteiger partial charge on any atom is -0.351 e. The van der Waals surface area contributed by atoms with Crippen molar-refractivity contribution in [3.8, 4) is 11.3 Å². The van der Waals surface area contributed by atoms with Crippen molar-refractivity contribution in [1.29, 1.82) is 0 Å². The summed E-state index contributed by atoms with van der Waals surface area (Å²) in [4.78, 5) is 17.5. The van der Waals surface area contributed by atoms with Crippen LogP contribution in [-0.4, -0.2) is 40.3 Å². The molecule has 0 saturated carbocycles. The molecule has 0 atom stereocenters. The van der Waals surface area contributed by atoms with Gasteiger partial charge in [0.25, 0.3) is 5.91 Å². The maximum atomic E-state index is 12.8. The second-order valence-electron chi connectivity index (χ2n) is 6.12. The van der Waals surface area contributed by atoms with Crippen LogP contribution >= 0.6 is 0 Å². The third-order valence-electron chi connectivity index (χ3n) is 4.24. The third-order valence-corrected chi connectivity index (χ3v) is 4.24. The van der Waals surface area contributed by atoms with E-state index in [-0.39, 0.29) is 5.91 Å². The van der Waals surface area contributed by atoms with E-state index < -0.39 is 0 Å². The van der Waals surface area contributed by atoms with Gasteiger partial charge in [-0.15, -0.1) is 0 Å². The summed E-state index contributed by atoms with van der Waals surface area (Å²) in [6, 6.07) is 11.8. The van der Waals surface area contributed by atoms with Crippen molar-refractivity contribution < 1.29 is 4.79 Å². The van der Waals surface area contributed by atoms with Crippen LogP contribution < -0.4 is 10.6 Å². The smallest absolute Gasteiger partial charge is 0.252 e. The topological polar surface area (TPSA) is 71.8 Å². The molecule has 2 N–H and O–H groups in total. The Balaban J connectivity index is 1.92. The Morgan fingerprint density at radius 2 is 1.92 bits per heavy atom. The summed E-state index contributed by atoms with van der Waals surface area (Å²) in [5.74, 6) is -0.0940. The highest BCUT2D eigenvalue weighted by Gasteiger charge is 2.16. The van der Waals surface area contributed by atoms with Crippen LogP contribution in [-0.2, 0) is 6.54 Å². The van der Waals surface area contributed by atoms with Crippen LogP contribution in [0.3, 0.4) is 0 Å². The summed E-state index contributed by atoms with van der Waals surface area (Å²) in [6.45, 7) is 7.14. The van der Waals surface area contributed by atoms with Gasteiger partial charge in [-0.25, -0.2) is 9.67 Å². The van der Waals surface area contributed by atoms with Gasteiger partial charge in [0.2, 0.25) is 0 Å². The zero-order chi connectivity index (χ0) is 18.4. The van der Waals surface area contributed by atoms with Crippen molar-refractivity contribution in [1.82, 2.24) is 25.4 Å². The van der Waals surface area contributed by atoms with Crippen molar-refractivity contribution in [3.05, 3.63) is 48.2 Å². The second kappa shape index (κ2) is 8.58. The standard InChI is InChI=1S/C20H25N5O/c1-3-10-21-11-12-22-20(26)16-13-18(15-8-6-5-7-9-15)24-19-17(16)14-23-25(19)4-2/h5-9,13-14,21H,3-4,10-12H2,1-2H3,(H,22,26). The minimum atomic E-state index is -0.0940. The molecule has 0 unspecified atom stereocenters. The Morgan fingerprint density at radius 1 is 1.12 bits per heavy atom. The molecule has 2 heterocycles. The molecule has 6 heteroatoms. The number of hydrogen-bond acceptors (Lipinski definition) is 4. The number of nitrogens with one attached hydrogen (secondary N) is 2. The van der Waals surface area contributed by atoms with Gasteiger partial charge in [-0.3, -0.25) is 4.79 Å². The maximum Gasteiger partial charge on any atom is 0.252 e. The molecule has 0 radical (unpaired) electrons. The van der Waals surface area contributed by atoms with Gasteiger partial charge in [0.15, 0.2) is 5.65 Å². The van der Waals surface area contributed by atoms with Crippen molar-refractivity contribution in [2.75, 3.05) is 19.6 Å². The Labute approximate surface area is 153 Å². The molecule has 1 aromatic carbocycles. The molecule has 26 heavy (non-hydrogen) atoms. The number of aromatic nitrogens is 3. The Morgan fingerprint density at radius 3 is 2.65 bits per heavy atom. The van der Waals surface area contributed by atoms with Gasteiger partial charge in [0, 0.05) is 25.2 Å². The fraction of sp³-hybridized carbons (Fsp3) is 0.350. The number of fused-ring (bicyclic) bond motifs is 1. The molecule has 6 nitrogen and oxygen atoms in total. The predicted molar refractivity (Wildman–Crippen MR) is 104 cm³/mol. The van der Waals surface area contributed by atoms with E-state index in [9.17, 15) is 4.79 Å². The number of pyridine rings is 1. The molecule has 0 aliphatic heterocycles. The number of hydrogen-bond donors (Lipinski definition) is 2. The van der Waals surface area contributed by atoms with E-state index in [1.807, 2.05) is 48.0 Å². The van der Waals surface area contributed by atoms with Crippen LogP contribution in [0.25, 0.3) is 22.3 Å². The molecule has 136 valence electrons. The maximum absolute atomic E-state index is 12.8. The quantitative estimate of drug-likeness (QED) is 0.612. The predicted octanol–water partition coefficient (Wildman–Crippen LogP) is 2.85. The average molecular weight is 351 g/mol. The number of amides is 1.